The number of benzene rings is 1. The smallest absolute Gasteiger partial charge is 0.342 e. The summed E-state index contributed by atoms with van der Waals surface area (Å²) in [6.07, 6.45) is 1.33. The van der Waals surface area contributed by atoms with E-state index in [9.17, 15) is 19.7 Å². The van der Waals surface area contributed by atoms with Crippen LogP contribution in [-0.2, 0) is 9.53 Å². The molecule has 1 aromatic carbocycles. The number of ether oxygens (including phenoxy) is 2. The maximum atomic E-state index is 11.8. The van der Waals surface area contributed by atoms with Gasteiger partial charge in [-0.15, -0.1) is 0 Å². The number of carbonyl (C=O) groups excluding carboxylic acids is 2. The Morgan fingerprint density at radius 3 is 2.67 bits per heavy atom. The van der Waals surface area contributed by atoms with Gasteiger partial charge in [-0.25, -0.2) is 4.79 Å². The summed E-state index contributed by atoms with van der Waals surface area (Å²) in [6.45, 7) is 0.990. The summed E-state index contributed by atoms with van der Waals surface area (Å²) < 4.78 is 14.7. The Morgan fingerprint density at radius 1 is 1.33 bits per heavy atom. The van der Waals surface area contributed by atoms with Crippen molar-refractivity contribution in [1.29, 1.82) is 0 Å². The second-order valence-electron chi connectivity index (χ2n) is 4.65. The third-order valence-corrected chi connectivity index (χ3v) is 3.09. The Bertz CT molecular complexity index is 782. The molecule has 0 saturated heterocycles. The summed E-state index contributed by atoms with van der Waals surface area (Å²) in [6, 6.07) is 5.39. The maximum absolute atomic E-state index is 11.8. The molecule has 1 heterocycles. The standard InChI is InChI=1S/C15H14N2O7/c1-9-11(5-6-23-9)15(19)24-8-14(18)16-12-4-3-10(22-2)7-13(12)17(20)21/h3-7H,8H2,1-2H3,(H,16,18). The number of nitro benzene ring substituents is 1. The Balaban J connectivity index is 2.01. The van der Waals surface area contributed by atoms with Gasteiger partial charge in [-0.2, -0.15) is 0 Å². The number of nitrogens with one attached hydrogen (secondary N) is 1. The molecule has 0 aliphatic carbocycles. The van der Waals surface area contributed by atoms with Gasteiger partial charge in [-0.05, 0) is 25.1 Å². The normalized spacial score (nSPS) is 10.1. The van der Waals surface area contributed by atoms with Gasteiger partial charge in [-0.3, -0.25) is 14.9 Å². The number of furan rings is 1. The number of anilines is 1. The number of carbonyl (C=O) groups is 2. The van der Waals surface area contributed by atoms with Gasteiger partial charge in [0.25, 0.3) is 11.6 Å². The lowest BCUT2D eigenvalue weighted by Gasteiger charge is -2.08. The number of rotatable bonds is 6. The molecule has 0 unspecified atom stereocenters. The van der Waals surface area contributed by atoms with Gasteiger partial charge >= 0.3 is 5.97 Å². The zero-order chi connectivity index (χ0) is 17.7. The number of nitro groups is 1. The van der Waals surface area contributed by atoms with Crippen molar-refractivity contribution >= 4 is 23.3 Å². The van der Waals surface area contributed by atoms with E-state index >= 15 is 0 Å². The van der Waals surface area contributed by atoms with Crippen molar-refractivity contribution in [3.05, 3.63) is 52.0 Å². The fourth-order valence-electron chi connectivity index (χ4n) is 1.89. The predicted molar refractivity (Wildman–Crippen MR) is 82.0 cm³/mol. The average molecular weight is 334 g/mol. The topological polar surface area (TPSA) is 121 Å². The number of hydrogen-bond acceptors (Lipinski definition) is 7. The minimum atomic E-state index is -0.722. The SMILES string of the molecule is COc1ccc(NC(=O)COC(=O)c2ccoc2C)c([N+](=O)[O-])c1. The largest absolute Gasteiger partial charge is 0.496 e. The molecule has 2 aromatic rings. The van der Waals surface area contributed by atoms with Gasteiger partial charge in [0.1, 0.15) is 22.8 Å². The number of esters is 1. The van der Waals surface area contributed by atoms with E-state index in [4.69, 9.17) is 13.9 Å². The summed E-state index contributed by atoms with van der Waals surface area (Å²) in [7, 11) is 1.37. The fourth-order valence-corrected chi connectivity index (χ4v) is 1.89. The highest BCUT2D eigenvalue weighted by molar-refractivity contribution is 5.97. The van der Waals surface area contributed by atoms with E-state index in [1.807, 2.05) is 0 Å². The van der Waals surface area contributed by atoms with Crippen LogP contribution in [0.2, 0.25) is 0 Å². The van der Waals surface area contributed by atoms with Gasteiger partial charge < -0.3 is 19.2 Å². The highest BCUT2D eigenvalue weighted by Gasteiger charge is 2.19. The quantitative estimate of drug-likeness (QED) is 0.488. The van der Waals surface area contributed by atoms with E-state index in [1.165, 1.54) is 37.6 Å². The van der Waals surface area contributed by atoms with Crippen LogP contribution in [-0.4, -0.2) is 30.5 Å². The van der Waals surface area contributed by atoms with Crippen molar-refractivity contribution in [2.45, 2.75) is 6.92 Å². The second-order valence-corrected chi connectivity index (χ2v) is 4.65. The Morgan fingerprint density at radius 2 is 2.08 bits per heavy atom. The van der Waals surface area contributed by atoms with Crippen LogP contribution in [0.3, 0.4) is 0 Å². The molecular formula is C15H14N2O7. The molecule has 126 valence electrons. The van der Waals surface area contributed by atoms with E-state index < -0.39 is 23.4 Å². The highest BCUT2D eigenvalue weighted by Crippen LogP contribution is 2.28. The van der Waals surface area contributed by atoms with Crippen molar-refractivity contribution in [2.75, 3.05) is 19.0 Å². The molecule has 0 bridgehead atoms. The molecule has 0 fully saturated rings. The summed E-state index contributed by atoms with van der Waals surface area (Å²) >= 11 is 0. The first-order valence-electron chi connectivity index (χ1n) is 6.76. The van der Waals surface area contributed by atoms with Crippen molar-refractivity contribution in [3.8, 4) is 5.75 Å². The van der Waals surface area contributed by atoms with Gasteiger partial charge in [0.05, 0.1) is 24.4 Å². The molecule has 9 heteroatoms. The molecular weight excluding hydrogens is 320 g/mol. The zero-order valence-corrected chi connectivity index (χ0v) is 12.9. The van der Waals surface area contributed by atoms with Crippen molar-refractivity contribution in [3.63, 3.8) is 0 Å². The van der Waals surface area contributed by atoms with Gasteiger partial charge in [0, 0.05) is 0 Å². The van der Waals surface area contributed by atoms with Crippen LogP contribution in [0.15, 0.2) is 34.9 Å². The minimum absolute atomic E-state index is 0.0265. The number of nitrogens with zero attached hydrogens (tertiary/aromatic N) is 1. The van der Waals surface area contributed by atoms with Crippen molar-refractivity contribution in [2.24, 2.45) is 0 Å². The molecule has 0 aliphatic rings. The monoisotopic (exact) mass is 334 g/mol. The molecule has 0 aliphatic heterocycles. The van der Waals surface area contributed by atoms with Crippen molar-refractivity contribution in [1.82, 2.24) is 0 Å². The van der Waals surface area contributed by atoms with Gasteiger partial charge in [0.2, 0.25) is 0 Å². The first-order valence-corrected chi connectivity index (χ1v) is 6.76. The van der Waals surface area contributed by atoms with E-state index in [0.29, 0.717) is 5.76 Å². The molecule has 0 saturated carbocycles. The van der Waals surface area contributed by atoms with Crippen LogP contribution >= 0.6 is 0 Å². The predicted octanol–water partition coefficient (Wildman–Crippen LogP) is 2.30. The van der Waals surface area contributed by atoms with Gasteiger partial charge in [-0.1, -0.05) is 0 Å². The highest BCUT2D eigenvalue weighted by atomic mass is 16.6. The summed E-state index contributed by atoms with van der Waals surface area (Å²) in [5.41, 5.74) is -0.153. The van der Waals surface area contributed by atoms with E-state index in [2.05, 4.69) is 5.32 Å². The molecule has 24 heavy (non-hydrogen) atoms. The number of methoxy groups -OCH3 is 1. The number of aryl methyl sites for hydroxylation is 1. The van der Waals surface area contributed by atoms with E-state index in [1.54, 1.807) is 6.92 Å². The lowest BCUT2D eigenvalue weighted by molar-refractivity contribution is -0.384. The fraction of sp³-hybridized carbons (Fsp3) is 0.200. The Kier molecular flexibility index (Phi) is 5.15. The third kappa shape index (κ3) is 3.88. The molecule has 0 spiro atoms. The summed E-state index contributed by atoms with van der Waals surface area (Å²) in [5, 5.41) is 13.4. The molecule has 2 rings (SSSR count). The molecule has 0 atom stereocenters. The van der Waals surface area contributed by atoms with Crippen LogP contribution in [0.5, 0.6) is 5.75 Å². The average Bonchev–Trinajstić information content (AvgIpc) is 2.99. The second kappa shape index (κ2) is 7.27. The third-order valence-electron chi connectivity index (χ3n) is 3.09. The van der Waals surface area contributed by atoms with E-state index in [0.717, 1.165) is 0 Å². The Labute approximate surface area is 136 Å². The zero-order valence-electron chi connectivity index (χ0n) is 12.9. The van der Waals surface area contributed by atoms with E-state index in [-0.39, 0.29) is 22.7 Å². The van der Waals surface area contributed by atoms with Gasteiger partial charge in [0.15, 0.2) is 6.61 Å². The summed E-state index contributed by atoms with van der Waals surface area (Å²) in [5.74, 6) is -0.786. The lowest BCUT2D eigenvalue weighted by atomic mass is 10.2. The molecule has 0 radical (unpaired) electrons. The maximum Gasteiger partial charge on any atom is 0.342 e. The Hall–Kier alpha value is -3.36. The molecule has 1 amide bonds. The van der Waals surface area contributed by atoms with Crippen molar-refractivity contribution < 1.29 is 28.4 Å². The number of amides is 1. The van der Waals surface area contributed by atoms with Crippen LogP contribution in [0.4, 0.5) is 11.4 Å². The number of hydrogen-bond donors (Lipinski definition) is 1. The molecule has 1 N–H and O–H groups in total. The van der Waals surface area contributed by atoms with Crippen LogP contribution in [0.1, 0.15) is 16.1 Å². The first kappa shape index (κ1) is 17.0. The van der Waals surface area contributed by atoms with Crippen LogP contribution in [0, 0.1) is 17.0 Å². The lowest BCUT2D eigenvalue weighted by Crippen LogP contribution is -2.21. The molecule has 1 aromatic heterocycles. The minimum Gasteiger partial charge on any atom is -0.496 e. The first-order chi connectivity index (χ1) is 11.4. The molecule has 9 nitrogen and oxygen atoms in total. The van der Waals surface area contributed by atoms with Crippen LogP contribution < -0.4 is 10.1 Å². The summed E-state index contributed by atoms with van der Waals surface area (Å²) in [4.78, 5) is 34.0. The van der Waals surface area contributed by atoms with Crippen LogP contribution in [0.25, 0.3) is 0 Å².